The Balaban J connectivity index is 1.49. The Bertz CT molecular complexity index is 722. The third-order valence-corrected chi connectivity index (χ3v) is 4.88. The summed E-state index contributed by atoms with van der Waals surface area (Å²) in [6.45, 7) is 4.76. The van der Waals surface area contributed by atoms with E-state index in [4.69, 9.17) is 0 Å². The molecule has 6 nitrogen and oxygen atoms in total. The lowest BCUT2D eigenvalue weighted by atomic mass is 9.96. The number of rotatable bonds is 4. The van der Waals surface area contributed by atoms with Gasteiger partial charge in [-0.2, -0.15) is 5.10 Å². The molecular weight excluding hydrogens is 370 g/mol. The molecule has 1 aliphatic rings. The number of nitrogens with one attached hydrogen (secondary N) is 1. The summed E-state index contributed by atoms with van der Waals surface area (Å²) in [7, 11) is 1.81. The quantitative estimate of drug-likeness (QED) is 0.869. The van der Waals surface area contributed by atoms with Gasteiger partial charge in [0.2, 0.25) is 0 Å². The van der Waals surface area contributed by atoms with Crippen molar-refractivity contribution in [3.8, 4) is 0 Å². The van der Waals surface area contributed by atoms with Crippen molar-refractivity contribution in [3.63, 3.8) is 0 Å². The van der Waals surface area contributed by atoms with E-state index in [0.717, 1.165) is 36.2 Å². The van der Waals surface area contributed by atoms with E-state index >= 15 is 0 Å². The largest absolute Gasteiger partial charge is 0.356 e. The van der Waals surface area contributed by atoms with Crippen LogP contribution in [0.1, 0.15) is 28.8 Å². The van der Waals surface area contributed by atoms with Gasteiger partial charge in [-0.05, 0) is 53.2 Å². The van der Waals surface area contributed by atoms with E-state index in [9.17, 15) is 4.79 Å². The Morgan fingerprint density at radius 3 is 2.75 bits per heavy atom. The maximum absolute atomic E-state index is 12.1. The second kappa shape index (κ2) is 7.34. The number of hydrogen-bond acceptors (Lipinski definition) is 4. The summed E-state index contributed by atoms with van der Waals surface area (Å²) in [4.78, 5) is 19.0. The van der Waals surface area contributed by atoms with Gasteiger partial charge in [0.05, 0.1) is 11.8 Å². The Labute approximate surface area is 150 Å². The Morgan fingerprint density at radius 2 is 2.12 bits per heavy atom. The summed E-state index contributed by atoms with van der Waals surface area (Å²) in [5.74, 6) is 1.53. The van der Waals surface area contributed by atoms with Crippen LogP contribution in [-0.4, -0.2) is 40.3 Å². The molecule has 0 aliphatic carbocycles. The first kappa shape index (κ1) is 17.0. The van der Waals surface area contributed by atoms with Gasteiger partial charge in [-0.25, -0.2) is 4.98 Å². The minimum atomic E-state index is -0.0454. The van der Waals surface area contributed by atoms with E-state index in [-0.39, 0.29) is 5.91 Å². The Kier molecular flexibility index (Phi) is 5.18. The topological polar surface area (TPSA) is 63.1 Å². The zero-order valence-corrected chi connectivity index (χ0v) is 15.6. The van der Waals surface area contributed by atoms with Crippen molar-refractivity contribution in [2.45, 2.75) is 19.8 Å². The van der Waals surface area contributed by atoms with E-state index in [1.165, 1.54) is 5.56 Å². The summed E-state index contributed by atoms with van der Waals surface area (Å²) >= 11 is 3.46. The van der Waals surface area contributed by atoms with Crippen molar-refractivity contribution in [1.29, 1.82) is 0 Å². The molecule has 3 rings (SSSR count). The Morgan fingerprint density at radius 1 is 1.38 bits per heavy atom. The van der Waals surface area contributed by atoms with Crippen LogP contribution in [0.15, 0.2) is 29.1 Å². The number of halogens is 1. The highest BCUT2D eigenvalue weighted by Gasteiger charge is 2.22. The van der Waals surface area contributed by atoms with E-state index < -0.39 is 0 Å². The average Bonchev–Trinajstić information content (AvgIpc) is 3.00. The second-order valence-corrected chi connectivity index (χ2v) is 7.25. The van der Waals surface area contributed by atoms with Gasteiger partial charge >= 0.3 is 0 Å². The minimum Gasteiger partial charge on any atom is -0.356 e. The molecule has 0 unspecified atom stereocenters. The summed E-state index contributed by atoms with van der Waals surface area (Å²) in [6.07, 6.45) is 7.30. The fourth-order valence-electron chi connectivity index (χ4n) is 3.09. The molecular formula is C17H22BrN5O. The molecule has 1 aliphatic heterocycles. The molecule has 0 radical (unpaired) electrons. The van der Waals surface area contributed by atoms with E-state index in [1.807, 2.05) is 13.2 Å². The van der Waals surface area contributed by atoms with Crippen molar-refractivity contribution in [2.75, 3.05) is 24.5 Å². The van der Waals surface area contributed by atoms with Gasteiger partial charge in [0.15, 0.2) is 0 Å². The molecule has 24 heavy (non-hydrogen) atoms. The number of carbonyl (C=O) groups is 1. The van der Waals surface area contributed by atoms with Gasteiger partial charge < -0.3 is 10.2 Å². The molecule has 0 bridgehead atoms. The molecule has 0 aromatic carbocycles. The van der Waals surface area contributed by atoms with Gasteiger partial charge in [-0.1, -0.05) is 0 Å². The maximum Gasteiger partial charge on any atom is 0.254 e. The van der Waals surface area contributed by atoms with Crippen molar-refractivity contribution in [3.05, 3.63) is 40.3 Å². The SMILES string of the molecule is Cc1cc(Br)cnc1N1CCC(CNC(=O)c2cnn(C)c2)CC1. The van der Waals surface area contributed by atoms with Crippen LogP contribution >= 0.6 is 15.9 Å². The predicted molar refractivity (Wildman–Crippen MR) is 97.2 cm³/mol. The first-order valence-corrected chi connectivity index (χ1v) is 8.96. The van der Waals surface area contributed by atoms with Gasteiger partial charge in [0.25, 0.3) is 5.91 Å². The highest BCUT2D eigenvalue weighted by Crippen LogP contribution is 2.25. The molecule has 3 heterocycles. The number of amides is 1. The lowest BCUT2D eigenvalue weighted by Gasteiger charge is -2.33. The summed E-state index contributed by atoms with van der Waals surface area (Å²) in [5, 5.41) is 7.05. The fraction of sp³-hybridized carbons (Fsp3) is 0.471. The maximum atomic E-state index is 12.1. The van der Waals surface area contributed by atoms with E-state index in [2.05, 4.69) is 49.2 Å². The summed E-state index contributed by atoms with van der Waals surface area (Å²) in [5.41, 5.74) is 1.80. The third kappa shape index (κ3) is 3.95. The molecule has 1 amide bonds. The van der Waals surface area contributed by atoms with E-state index in [0.29, 0.717) is 18.0 Å². The number of aryl methyl sites for hydroxylation is 2. The summed E-state index contributed by atoms with van der Waals surface area (Å²) in [6, 6.07) is 2.10. The number of hydrogen-bond donors (Lipinski definition) is 1. The predicted octanol–water partition coefficient (Wildman–Crippen LogP) is 2.53. The fourth-order valence-corrected chi connectivity index (χ4v) is 3.54. The van der Waals surface area contributed by atoms with Gasteiger partial charge in [0, 0.05) is 43.5 Å². The van der Waals surface area contributed by atoms with Gasteiger partial charge in [-0.3, -0.25) is 9.48 Å². The average molecular weight is 392 g/mol. The van der Waals surface area contributed by atoms with Gasteiger partial charge in [-0.15, -0.1) is 0 Å². The highest BCUT2D eigenvalue weighted by molar-refractivity contribution is 9.10. The van der Waals surface area contributed by atoms with Crippen LogP contribution in [-0.2, 0) is 7.05 Å². The normalized spacial score (nSPS) is 15.5. The smallest absolute Gasteiger partial charge is 0.254 e. The number of piperidine rings is 1. The zero-order valence-electron chi connectivity index (χ0n) is 14.0. The number of nitrogens with zero attached hydrogens (tertiary/aromatic N) is 4. The highest BCUT2D eigenvalue weighted by atomic mass is 79.9. The van der Waals surface area contributed by atoms with Crippen molar-refractivity contribution in [1.82, 2.24) is 20.1 Å². The molecule has 2 aromatic rings. The van der Waals surface area contributed by atoms with Crippen molar-refractivity contribution < 1.29 is 4.79 Å². The minimum absolute atomic E-state index is 0.0454. The number of carbonyl (C=O) groups excluding carboxylic acids is 1. The van der Waals surface area contributed by atoms with Crippen molar-refractivity contribution in [2.24, 2.45) is 13.0 Å². The lowest BCUT2D eigenvalue weighted by Crippen LogP contribution is -2.39. The molecule has 1 N–H and O–H groups in total. The van der Waals surface area contributed by atoms with Crippen molar-refractivity contribution >= 4 is 27.7 Å². The molecule has 7 heteroatoms. The van der Waals surface area contributed by atoms with Crippen LogP contribution in [0.25, 0.3) is 0 Å². The summed E-state index contributed by atoms with van der Waals surface area (Å²) < 4.78 is 2.65. The Hall–Kier alpha value is -1.89. The lowest BCUT2D eigenvalue weighted by molar-refractivity contribution is 0.0945. The first-order chi connectivity index (χ1) is 11.5. The molecule has 0 atom stereocenters. The van der Waals surface area contributed by atoms with Crippen LogP contribution in [0.2, 0.25) is 0 Å². The molecule has 128 valence electrons. The first-order valence-electron chi connectivity index (χ1n) is 8.17. The molecule has 2 aromatic heterocycles. The number of anilines is 1. The van der Waals surface area contributed by atoms with Crippen LogP contribution < -0.4 is 10.2 Å². The van der Waals surface area contributed by atoms with E-state index in [1.54, 1.807) is 17.1 Å². The monoisotopic (exact) mass is 391 g/mol. The van der Waals surface area contributed by atoms with Gasteiger partial charge in [0.1, 0.15) is 5.82 Å². The van der Waals surface area contributed by atoms with Crippen LogP contribution in [0, 0.1) is 12.8 Å². The van der Waals surface area contributed by atoms with Crippen LogP contribution in [0.4, 0.5) is 5.82 Å². The number of pyridine rings is 1. The standard InChI is InChI=1S/C17H22BrN5O/c1-12-7-15(18)10-19-16(12)23-5-3-13(4-6-23)8-20-17(24)14-9-21-22(2)11-14/h7,9-11,13H,3-6,8H2,1-2H3,(H,20,24). The molecule has 1 fully saturated rings. The molecule has 0 saturated carbocycles. The molecule has 1 saturated heterocycles. The molecule has 0 spiro atoms. The zero-order chi connectivity index (χ0) is 17.1. The van der Waals surface area contributed by atoms with Crippen LogP contribution in [0.5, 0.6) is 0 Å². The number of aromatic nitrogens is 3. The third-order valence-electron chi connectivity index (χ3n) is 4.45. The van der Waals surface area contributed by atoms with Crippen LogP contribution in [0.3, 0.4) is 0 Å². The second-order valence-electron chi connectivity index (χ2n) is 6.34.